The molecule has 215 valence electrons. The molecule has 1 unspecified atom stereocenters. The minimum atomic E-state index is -2.32. The second kappa shape index (κ2) is 11.3. The molecule has 0 spiro atoms. The Labute approximate surface area is 245 Å². The maximum absolute atomic E-state index is 14.6. The average molecular weight is 599 g/mol. The number of carbonyl (C=O) groups is 2. The summed E-state index contributed by atoms with van der Waals surface area (Å²) in [4.78, 5) is 26.0. The number of Topliss-reactive ketones (excluding diaryl/α,β-unsaturated/α-hetero) is 1. The Bertz CT molecular complexity index is 1620. The minimum absolute atomic E-state index is 0.105. The molecule has 2 aromatic carbocycles. The van der Waals surface area contributed by atoms with Crippen molar-refractivity contribution in [2.45, 2.75) is 46.3 Å². The van der Waals surface area contributed by atoms with Gasteiger partial charge in [0.05, 0.1) is 5.57 Å². The zero-order valence-electron chi connectivity index (χ0n) is 23.1. The van der Waals surface area contributed by atoms with Gasteiger partial charge in [-0.15, -0.1) is 5.10 Å². The first-order valence-corrected chi connectivity index (χ1v) is 14.7. The number of thiol groups is 1. The van der Waals surface area contributed by atoms with Gasteiger partial charge in [-0.1, -0.05) is 35.1 Å². The molecule has 0 saturated heterocycles. The molecule has 1 atom stereocenters. The Kier molecular flexibility index (Phi) is 8.00. The van der Waals surface area contributed by atoms with Gasteiger partial charge < -0.3 is 18.6 Å². The smallest absolute Gasteiger partial charge is 0.326 e. The van der Waals surface area contributed by atoms with E-state index in [2.05, 4.69) is 0 Å². The Morgan fingerprint density at radius 3 is 2.63 bits per heavy atom. The number of benzene rings is 2. The highest BCUT2D eigenvalue weighted by molar-refractivity contribution is 7.94. The topological polar surface area (TPSA) is 96.2 Å². The maximum Gasteiger partial charge on any atom is 0.326 e. The van der Waals surface area contributed by atoms with E-state index in [1.165, 1.54) is 16.5 Å². The van der Waals surface area contributed by atoms with E-state index in [0.717, 1.165) is 0 Å². The van der Waals surface area contributed by atoms with Crippen LogP contribution >= 0.6 is 11.6 Å². The van der Waals surface area contributed by atoms with Crippen LogP contribution in [-0.2, 0) is 32.2 Å². The number of rotatable bonds is 7. The quantitative estimate of drug-likeness (QED) is 0.206. The molecule has 8 nitrogen and oxygen atoms in total. The van der Waals surface area contributed by atoms with Crippen LogP contribution in [0.2, 0.25) is 5.02 Å². The Morgan fingerprint density at radius 2 is 1.93 bits per heavy atom. The fraction of sp³-hybridized carbons (Fsp3) is 0.300. The van der Waals surface area contributed by atoms with E-state index in [9.17, 15) is 18.5 Å². The van der Waals surface area contributed by atoms with Crippen molar-refractivity contribution in [2.24, 2.45) is 5.10 Å². The van der Waals surface area contributed by atoms with Crippen LogP contribution in [0.15, 0.2) is 70.2 Å². The third-order valence-electron chi connectivity index (χ3n) is 6.58. The lowest BCUT2D eigenvalue weighted by molar-refractivity contribution is -0.155. The summed E-state index contributed by atoms with van der Waals surface area (Å²) in [5, 5.41) is 5.83. The number of fused-ring (bicyclic) bond motifs is 1. The first-order valence-electron chi connectivity index (χ1n) is 13.1. The zero-order chi connectivity index (χ0) is 29.5. The number of allylic oxidation sites excluding steroid dienone is 4. The zero-order valence-corrected chi connectivity index (χ0v) is 24.8. The standard InChI is InChI=1S/C30H30ClFN3O5S/c1-18-27(23-16-20(32)10-13-24(23)34(18)17-26(37)40-30(2,3)4)28-22-6-5-7-25(36)29(22)41(38)35(33-28)14-15-39-21-11-8-19(31)9-12-21/h5-6,8-13,16,41H,7,14-15,17H2,1-4H3. The lowest BCUT2D eigenvalue weighted by Crippen LogP contribution is -2.39. The number of nitrogens with zero attached hydrogens (tertiary/aromatic N) is 3. The third kappa shape index (κ3) is 6.05. The van der Waals surface area contributed by atoms with E-state index < -0.39 is 28.7 Å². The van der Waals surface area contributed by atoms with Gasteiger partial charge in [-0.2, -0.15) is 4.41 Å². The summed E-state index contributed by atoms with van der Waals surface area (Å²) in [6.07, 6.45) is 3.56. The molecular weight excluding hydrogens is 569 g/mol. The van der Waals surface area contributed by atoms with Crippen molar-refractivity contribution in [3.05, 3.63) is 87.2 Å². The van der Waals surface area contributed by atoms with E-state index in [0.29, 0.717) is 44.2 Å². The molecule has 2 heterocycles. The van der Waals surface area contributed by atoms with E-state index in [1.54, 1.807) is 74.7 Å². The molecule has 0 fully saturated rings. The molecule has 2 aliphatic rings. The van der Waals surface area contributed by atoms with E-state index in [4.69, 9.17) is 26.2 Å². The number of halogens is 2. The predicted octanol–water partition coefficient (Wildman–Crippen LogP) is 5.36. The molecule has 1 aromatic heterocycles. The van der Waals surface area contributed by atoms with Crippen LogP contribution in [0.5, 0.6) is 5.75 Å². The highest BCUT2D eigenvalue weighted by atomic mass is 35.5. The molecule has 3 aromatic rings. The van der Waals surface area contributed by atoms with Crippen molar-refractivity contribution in [1.29, 1.82) is 0 Å². The van der Waals surface area contributed by atoms with Crippen LogP contribution in [0.3, 0.4) is 0 Å². The number of hydrazone groups is 1. The monoisotopic (exact) mass is 598 g/mol. The lowest BCUT2D eigenvalue weighted by atomic mass is 9.94. The van der Waals surface area contributed by atoms with Crippen molar-refractivity contribution in [2.75, 3.05) is 13.2 Å². The summed E-state index contributed by atoms with van der Waals surface area (Å²) in [6, 6.07) is 11.2. The van der Waals surface area contributed by atoms with Gasteiger partial charge in [0.15, 0.2) is 4.91 Å². The van der Waals surface area contributed by atoms with Gasteiger partial charge in [0.1, 0.15) is 42.6 Å². The molecule has 0 N–H and O–H groups in total. The molecule has 1 radical (unpaired) electrons. The summed E-state index contributed by atoms with van der Waals surface area (Å²) >= 11 is 3.63. The first kappa shape index (κ1) is 28.9. The van der Waals surface area contributed by atoms with Gasteiger partial charge in [0.25, 0.3) is 0 Å². The summed E-state index contributed by atoms with van der Waals surface area (Å²) in [7, 11) is 0. The molecule has 0 amide bonds. The van der Waals surface area contributed by atoms with Crippen LogP contribution in [0.1, 0.15) is 38.4 Å². The normalized spacial score (nSPS) is 17.1. The second-order valence-corrected chi connectivity index (χ2v) is 12.6. The Hall–Kier alpha value is -3.60. The fourth-order valence-electron chi connectivity index (χ4n) is 4.90. The number of hydrogen-bond acceptors (Lipinski definition) is 7. The average Bonchev–Trinajstić information content (AvgIpc) is 3.15. The van der Waals surface area contributed by atoms with E-state index in [-0.39, 0.29) is 36.8 Å². The summed E-state index contributed by atoms with van der Waals surface area (Å²) in [5.41, 5.74) is 1.91. The number of ketones is 1. The van der Waals surface area contributed by atoms with Gasteiger partial charge >= 0.3 is 5.97 Å². The fourth-order valence-corrected chi connectivity index (χ4v) is 6.38. The molecule has 1 aliphatic carbocycles. The van der Waals surface area contributed by atoms with Crippen molar-refractivity contribution in [3.63, 3.8) is 0 Å². The lowest BCUT2D eigenvalue weighted by Gasteiger charge is -2.34. The number of aromatic nitrogens is 1. The highest BCUT2D eigenvalue weighted by Gasteiger charge is 2.37. The maximum atomic E-state index is 14.6. The molecule has 0 saturated carbocycles. The van der Waals surface area contributed by atoms with Crippen LogP contribution in [0.25, 0.3) is 10.9 Å². The van der Waals surface area contributed by atoms with Crippen LogP contribution < -0.4 is 4.74 Å². The highest BCUT2D eigenvalue weighted by Crippen LogP contribution is 2.36. The van der Waals surface area contributed by atoms with Crippen molar-refractivity contribution >= 4 is 51.3 Å². The van der Waals surface area contributed by atoms with Crippen LogP contribution in [-0.4, -0.2) is 49.8 Å². The summed E-state index contributed by atoms with van der Waals surface area (Å²) in [5.74, 6) is -0.594. The van der Waals surface area contributed by atoms with E-state index >= 15 is 0 Å². The molecular formula is C30H30ClFN3O5S. The molecule has 11 heteroatoms. The predicted molar refractivity (Wildman–Crippen MR) is 158 cm³/mol. The van der Waals surface area contributed by atoms with Crippen molar-refractivity contribution < 1.29 is 28.0 Å². The van der Waals surface area contributed by atoms with Gasteiger partial charge in [0, 0.05) is 33.6 Å². The number of hydrogen-bond donors (Lipinski definition) is 0. The van der Waals surface area contributed by atoms with Gasteiger partial charge in [-0.25, -0.2) is 4.39 Å². The number of ether oxygens (including phenoxy) is 2. The van der Waals surface area contributed by atoms with Gasteiger partial charge in [-0.3, -0.25) is 9.59 Å². The Balaban J connectivity index is 1.57. The first-order chi connectivity index (χ1) is 19.4. The van der Waals surface area contributed by atoms with Crippen molar-refractivity contribution in [3.8, 4) is 5.75 Å². The second-order valence-electron chi connectivity index (χ2n) is 10.7. The number of esters is 1. The molecule has 41 heavy (non-hydrogen) atoms. The largest absolute Gasteiger partial charge is 0.628 e. The molecule has 1 aliphatic heterocycles. The minimum Gasteiger partial charge on any atom is -0.628 e. The molecule has 0 bridgehead atoms. The van der Waals surface area contributed by atoms with E-state index in [1.807, 2.05) is 0 Å². The van der Waals surface area contributed by atoms with Gasteiger partial charge in [-0.05, 0) is 70.2 Å². The van der Waals surface area contributed by atoms with Crippen LogP contribution in [0.4, 0.5) is 4.39 Å². The summed E-state index contributed by atoms with van der Waals surface area (Å²) < 4.78 is 42.6. The Morgan fingerprint density at radius 1 is 1.20 bits per heavy atom. The summed E-state index contributed by atoms with van der Waals surface area (Å²) in [6.45, 7) is 7.32. The third-order valence-corrected chi connectivity index (χ3v) is 8.42. The van der Waals surface area contributed by atoms with Crippen LogP contribution in [0, 0.1) is 12.7 Å². The van der Waals surface area contributed by atoms with Crippen molar-refractivity contribution in [1.82, 2.24) is 8.98 Å². The molecule has 5 rings (SSSR count). The van der Waals surface area contributed by atoms with Gasteiger partial charge in [0.2, 0.25) is 5.78 Å². The number of carbonyl (C=O) groups excluding carboxylic acids is 2. The SMILES string of the molecule is Cc1c(C2=NN(CCOc3ccc(Cl)cc3)[SH+]([O-])C3=C2C=CCC3=O)c2cc(F)ccc2n1CC(=O)OC(C)(C)C.